The highest BCUT2D eigenvalue weighted by molar-refractivity contribution is 7.99. The Kier molecular flexibility index (Phi) is 6.01. The van der Waals surface area contributed by atoms with Gasteiger partial charge in [-0.1, -0.05) is 48.5 Å². The maximum atomic E-state index is 6.14. The van der Waals surface area contributed by atoms with E-state index in [1.54, 1.807) is 0 Å². The maximum Gasteiger partial charge on any atom is 0.191 e. The van der Waals surface area contributed by atoms with Crippen molar-refractivity contribution in [2.75, 3.05) is 24.6 Å². The summed E-state index contributed by atoms with van der Waals surface area (Å²) in [5, 5.41) is 0. The molecule has 1 saturated heterocycles. The van der Waals surface area contributed by atoms with Gasteiger partial charge in [0.2, 0.25) is 0 Å². The average molecular weight is 341 g/mol. The first-order valence-electron chi connectivity index (χ1n) is 8.20. The van der Waals surface area contributed by atoms with E-state index < -0.39 is 0 Å². The highest BCUT2D eigenvalue weighted by atomic mass is 32.2. The molecule has 1 fully saturated rings. The molecular formula is C19H23N3OS. The molecule has 2 aromatic rings. The number of nitrogens with two attached hydrogens (primary N) is 1. The van der Waals surface area contributed by atoms with Crippen LogP contribution >= 0.6 is 11.8 Å². The molecule has 4 nitrogen and oxygen atoms in total. The van der Waals surface area contributed by atoms with Gasteiger partial charge in [-0.3, -0.25) is 0 Å². The van der Waals surface area contributed by atoms with Gasteiger partial charge in [-0.05, 0) is 11.6 Å². The predicted octanol–water partition coefficient (Wildman–Crippen LogP) is 3.13. The van der Waals surface area contributed by atoms with Gasteiger partial charge in [0.15, 0.2) is 5.96 Å². The van der Waals surface area contributed by atoms with Crippen LogP contribution in [-0.2, 0) is 13.2 Å². The number of aliphatic imine (C=N–C) groups is 1. The molecule has 1 heterocycles. The van der Waals surface area contributed by atoms with Crippen LogP contribution in [0.1, 0.15) is 11.1 Å². The number of thioether (sulfide) groups is 1. The quantitative estimate of drug-likeness (QED) is 0.670. The molecule has 0 aromatic heterocycles. The molecule has 0 saturated carbocycles. The predicted molar refractivity (Wildman–Crippen MR) is 101 cm³/mol. The monoisotopic (exact) mass is 341 g/mol. The highest BCUT2D eigenvalue weighted by Crippen LogP contribution is 2.20. The summed E-state index contributed by atoms with van der Waals surface area (Å²) in [5.41, 5.74) is 8.35. The van der Waals surface area contributed by atoms with Gasteiger partial charge < -0.3 is 15.4 Å². The fourth-order valence-corrected chi connectivity index (χ4v) is 3.47. The third kappa shape index (κ3) is 4.68. The van der Waals surface area contributed by atoms with E-state index in [1.165, 1.54) is 0 Å². The largest absolute Gasteiger partial charge is 0.489 e. The van der Waals surface area contributed by atoms with Crippen LogP contribution in [0.15, 0.2) is 59.6 Å². The molecule has 3 rings (SSSR count). The van der Waals surface area contributed by atoms with Crippen molar-refractivity contribution in [3.8, 4) is 5.75 Å². The number of rotatable bonds is 5. The Bertz CT molecular complexity index is 669. The van der Waals surface area contributed by atoms with Gasteiger partial charge in [-0.25, -0.2) is 4.99 Å². The van der Waals surface area contributed by atoms with Crippen LogP contribution in [0.3, 0.4) is 0 Å². The molecule has 0 atom stereocenters. The minimum absolute atomic E-state index is 0.542. The lowest BCUT2D eigenvalue weighted by Crippen LogP contribution is -2.42. The molecule has 0 radical (unpaired) electrons. The van der Waals surface area contributed by atoms with Gasteiger partial charge in [0.25, 0.3) is 0 Å². The van der Waals surface area contributed by atoms with E-state index in [2.05, 4.69) is 22.0 Å². The van der Waals surface area contributed by atoms with Gasteiger partial charge in [-0.15, -0.1) is 0 Å². The van der Waals surface area contributed by atoms with Crippen molar-refractivity contribution in [3.63, 3.8) is 0 Å². The highest BCUT2D eigenvalue weighted by Gasteiger charge is 2.12. The molecule has 0 aliphatic carbocycles. The van der Waals surface area contributed by atoms with E-state index in [-0.39, 0.29) is 0 Å². The summed E-state index contributed by atoms with van der Waals surface area (Å²) >= 11 is 1.97. The topological polar surface area (TPSA) is 50.9 Å². The third-order valence-electron chi connectivity index (χ3n) is 3.96. The molecule has 0 unspecified atom stereocenters. The number of nitrogens with zero attached hydrogens (tertiary/aromatic N) is 2. The van der Waals surface area contributed by atoms with Crippen molar-refractivity contribution in [2.45, 2.75) is 13.2 Å². The number of benzene rings is 2. The second-order valence-corrected chi connectivity index (χ2v) is 6.88. The Morgan fingerprint density at radius 1 is 1.04 bits per heavy atom. The van der Waals surface area contributed by atoms with Gasteiger partial charge in [0.1, 0.15) is 12.4 Å². The normalized spacial score (nSPS) is 15.3. The Labute approximate surface area is 147 Å². The van der Waals surface area contributed by atoms with Crippen LogP contribution in [0.2, 0.25) is 0 Å². The molecule has 126 valence electrons. The first-order chi connectivity index (χ1) is 11.8. The van der Waals surface area contributed by atoms with Gasteiger partial charge >= 0.3 is 0 Å². The summed E-state index contributed by atoms with van der Waals surface area (Å²) in [5.74, 6) is 3.74. The molecule has 2 aromatic carbocycles. The van der Waals surface area contributed by atoms with Crippen molar-refractivity contribution in [1.82, 2.24) is 4.90 Å². The lowest BCUT2D eigenvalue weighted by Gasteiger charge is -2.27. The lowest BCUT2D eigenvalue weighted by molar-refractivity contribution is 0.303. The molecule has 0 spiro atoms. The van der Waals surface area contributed by atoms with Crippen LogP contribution in [-0.4, -0.2) is 35.5 Å². The third-order valence-corrected chi connectivity index (χ3v) is 4.90. The standard InChI is InChI=1S/C19H23N3OS/c20-19(22-10-12-24-13-11-22)21-14-17-8-4-5-9-18(17)23-15-16-6-2-1-3-7-16/h1-9H,10-15H2,(H2,20,21). The Morgan fingerprint density at radius 3 is 2.54 bits per heavy atom. The number of guanidine groups is 1. The second kappa shape index (κ2) is 8.64. The second-order valence-electron chi connectivity index (χ2n) is 5.66. The van der Waals surface area contributed by atoms with Crippen LogP contribution in [0, 0.1) is 0 Å². The number of hydrogen-bond acceptors (Lipinski definition) is 3. The summed E-state index contributed by atoms with van der Waals surface area (Å²) in [6, 6.07) is 18.2. The molecule has 5 heteroatoms. The number of para-hydroxylation sites is 1. The average Bonchev–Trinajstić information content (AvgIpc) is 2.66. The molecule has 2 N–H and O–H groups in total. The summed E-state index contributed by atoms with van der Waals surface area (Å²) in [4.78, 5) is 6.72. The van der Waals surface area contributed by atoms with Crippen molar-refractivity contribution >= 4 is 17.7 Å². The lowest BCUT2D eigenvalue weighted by atomic mass is 10.2. The van der Waals surface area contributed by atoms with Gasteiger partial charge in [0.05, 0.1) is 6.54 Å². The van der Waals surface area contributed by atoms with E-state index in [0.717, 1.165) is 41.5 Å². The fraction of sp³-hybridized carbons (Fsp3) is 0.316. The van der Waals surface area contributed by atoms with Crippen LogP contribution in [0.5, 0.6) is 5.75 Å². The summed E-state index contributed by atoms with van der Waals surface area (Å²) < 4.78 is 5.97. The van der Waals surface area contributed by atoms with E-state index in [1.807, 2.05) is 54.2 Å². The summed E-state index contributed by atoms with van der Waals surface area (Å²) in [6.45, 7) is 3.05. The van der Waals surface area contributed by atoms with Crippen LogP contribution in [0.4, 0.5) is 0 Å². The molecule has 1 aliphatic heterocycles. The fourth-order valence-electron chi connectivity index (χ4n) is 2.57. The number of hydrogen-bond donors (Lipinski definition) is 1. The summed E-state index contributed by atoms with van der Waals surface area (Å²) in [6.07, 6.45) is 0. The molecule has 1 aliphatic rings. The zero-order chi connectivity index (χ0) is 16.6. The SMILES string of the molecule is NC(=NCc1ccccc1OCc1ccccc1)N1CCSCC1. The molecule has 0 amide bonds. The minimum atomic E-state index is 0.542. The van der Waals surface area contributed by atoms with Crippen molar-refractivity contribution in [3.05, 3.63) is 65.7 Å². The molecular weight excluding hydrogens is 318 g/mol. The van der Waals surface area contributed by atoms with Crippen LogP contribution in [0.25, 0.3) is 0 Å². The van der Waals surface area contributed by atoms with Crippen molar-refractivity contribution < 1.29 is 4.74 Å². The van der Waals surface area contributed by atoms with E-state index >= 15 is 0 Å². The van der Waals surface area contributed by atoms with Crippen LogP contribution < -0.4 is 10.5 Å². The number of ether oxygens (including phenoxy) is 1. The first kappa shape index (κ1) is 16.7. The van der Waals surface area contributed by atoms with Gasteiger partial charge in [-0.2, -0.15) is 11.8 Å². The Balaban J connectivity index is 1.63. The van der Waals surface area contributed by atoms with Gasteiger partial charge in [0, 0.05) is 30.2 Å². The zero-order valence-corrected chi connectivity index (χ0v) is 14.5. The zero-order valence-electron chi connectivity index (χ0n) is 13.7. The first-order valence-corrected chi connectivity index (χ1v) is 9.35. The van der Waals surface area contributed by atoms with Crippen molar-refractivity contribution in [2.24, 2.45) is 10.7 Å². The van der Waals surface area contributed by atoms with E-state index in [4.69, 9.17) is 10.5 Å². The Morgan fingerprint density at radius 2 is 1.75 bits per heavy atom. The van der Waals surface area contributed by atoms with E-state index in [0.29, 0.717) is 19.1 Å². The van der Waals surface area contributed by atoms with Crippen molar-refractivity contribution in [1.29, 1.82) is 0 Å². The minimum Gasteiger partial charge on any atom is -0.489 e. The maximum absolute atomic E-state index is 6.14. The van der Waals surface area contributed by atoms with E-state index in [9.17, 15) is 0 Å². The summed E-state index contributed by atoms with van der Waals surface area (Å²) in [7, 11) is 0. The smallest absolute Gasteiger partial charge is 0.191 e. The molecule has 24 heavy (non-hydrogen) atoms. The Hall–Kier alpha value is -2.14. The molecule has 0 bridgehead atoms.